The molecule has 0 unspecified atom stereocenters. The Kier molecular flexibility index (Phi) is 9.20. The highest BCUT2D eigenvalue weighted by atomic mass is 35.5. The van der Waals surface area contributed by atoms with Crippen molar-refractivity contribution in [1.82, 2.24) is 5.32 Å². The van der Waals surface area contributed by atoms with Crippen LogP contribution >= 0.6 is 11.6 Å². The molecular weight excluding hydrogens is 382 g/mol. The smallest absolute Gasteiger partial charge is 0.162 e. The average molecular weight is 410 g/mol. The average Bonchev–Trinajstić information content (AvgIpc) is 2.72. The van der Waals surface area contributed by atoms with Gasteiger partial charge in [0, 0.05) is 30.8 Å². The van der Waals surface area contributed by atoms with Crippen LogP contribution in [0.25, 0.3) is 0 Å². The van der Waals surface area contributed by atoms with Crippen LogP contribution in [0.15, 0.2) is 30.3 Å². The van der Waals surface area contributed by atoms with Gasteiger partial charge in [0.25, 0.3) is 0 Å². The van der Waals surface area contributed by atoms with Crippen molar-refractivity contribution in [2.24, 2.45) is 0 Å². The maximum absolute atomic E-state index is 6.34. The molecule has 6 nitrogen and oxygen atoms in total. The zero-order valence-corrected chi connectivity index (χ0v) is 17.6. The molecule has 0 fully saturated rings. The summed E-state index contributed by atoms with van der Waals surface area (Å²) in [6.45, 7) is 4.91. The Hall–Kier alpha value is -2.15. The van der Waals surface area contributed by atoms with Gasteiger partial charge in [0.15, 0.2) is 23.0 Å². The van der Waals surface area contributed by atoms with Crippen molar-refractivity contribution in [1.29, 1.82) is 0 Å². The van der Waals surface area contributed by atoms with Crippen LogP contribution in [0.5, 0.6) is 23.0 Å². The topological polar surface area (TPSA) is 58.2 Å². The number of ether oxygens (including phenoxy) is 5. The lowest BCUT2D eigenvalue weighted by molar-refractivity contribution is 0.109. The van der Waals surface area contributed by atoms with Gasteiger partial charge in [-0.05, 0) is 36.2 Å². The van der Waals surface area contributed by atoms with Crippen LogP contribution in [0.2, 0.25) is 5.02 Å². The lowest BCUT2D eigenvalue weighted by Gasteiger charge is -2.14. The summed E-state index contributed by atoms with van der Waals surface area (Å²) < 4.78 is 27.0. The molecule has 7 heteroatoms. The Bertz CT molecular complexity index is 754. The summed E-state index contributed by atoms with van der Waals surface area (Å²) in [6, 6.07) is 9.50. The Balaban J connectivity index is 1.95. The van der Waals surface area contributed by atoms with Gasteiger partial charge < -0.3 is 29.0 Å². The number of rotatable bonds is 12. The van der Waals surface area contributed by atoms with Crippen LogP contribution in [0, 0.1) is 0 Å². The Labute approximate surface area is 171 Å². The Morgan fingerprint density at radius 2 is 1.50 bits per heavy atom. The third-order valence-electron chi connectivity index (χ3n) is 4.11. The molecule has 2 rings (SSSR count). The van der Waals surface area contributed by atoms with Gasteiger partial charge >= 0.3 is 0 Å². The van der Waals surface area contributed by atoms with Gasteiger partial charge in [0.05, 0.1) is 27.9 Å². The molecule has 0 amide bonds. The molecule has 154 valence electrons. The van der Waals surface area contributed by atoms with Gasteiger partial charge in [-0.3, -0.25) is 0 Å². The molecule has 2 aromatic rings. The van der Waals surface area contributed by atoms with Crippen LogP contribution in [-0.2, 0) is 17.8 Å². The number of hydrogen-bond donors (Lipinski definition) is 1. The summed E-state index contributed by atoms with van der Waals surface area (Å²) in [5.41, 5.74) is 2.01. The van der Waals surface area contributed by atoms with Gasteiger partial charge in [0.2, 0.25) is 0 Å². The van der Waals surface area contributed by atoms with E-state index in [0.717, 1.165) is 11.1 Å². The Morgan fingerprint density at radius 3 is 2.18 bits per heavy atom. The largest absolute Gasteiger partial charge is 0.493 e. The second-order valence-corrected chi connectivity index (χ2v) is 6.34. The third kappa shape index (κ3) is 6.19. The molecule has 0 atom stereocenters. The van der Waals surface area contributed by atoms with E-state index in [1.54, 1.807) is 27.4 Å². The highest BCUT2D eigenvalue weighted by Gasteiger charge is 2.10. The molecule has 0 bridgehead atoms. The maximum atomic E-state index is 6.34. The monoisotopic (exact) mass is 409 g/mol. The third-order valence-corrected chi connectivity index (χ3v) is 4.47. The first-order valence-corrected chi connectivity index (χ1v) is 9.49. The normalized spacial score (nSPS) is 10.6. The maximum Gasteiger partial charge on any atom is 0.162 e. The molecule has 0 heterocycles. The van der Waals surface area contributed by atoms with Crippen LogP contribution in [0.4, 0.5) is 0 Å². The second-order valence-electron chi connectivity index (χ2n) is 5.93. The molecule has 0 saturated carbocycles. The van der Waals surface area contributed by atoms with E-state index in [1.807, 2.05) is 31.2 Å². The molecular formula is C21H28ClNO5. The standard InChI is InChI=1S/C21H28ClNO5/c1-5-27-8-9-28-18-7-6-15(10-19(18)24-2)13-23-14-16-11-20(25-3)21(26-4)12-17(16)22/h6-7,10-12,23H,5,8-9,13-14H2,1-4H3. The van der Waals surface area contributed by atoms with Gasteiger partial charge in [-0.25, -0.2) is 0 Å². The molecule has 0 aliphatic heterocycles. The quantitative estimate of drug-likeness (QED) is 0.533. The lowest BCUT2D eigenvalue weighted by atomic mass is 10.1. The molecule has 28 heavy (non-hydrogen) atoms. The predicted molar refractivity (Wildman–Crippen MR) is 110 cm³/mol. The fourth-order valence-corrected chi connectivity index (χ4v) is 2.89. The zero-order chi connectivity index (χ0) is 20.4. The van der Waals surface area contributed by atoms with E-state index in [9.17, 15) is 0 Å². The van der Waals surface area contributed by atoms with Crippen LogP contribution < -0.4 is 24.3 Å². The first kappa shape index (κ1) is 22.1. The predicted octanol–water partition coefficient (Wildman–Crippen LogP) is 4.07. The van der Waals surface area contributed by atoms with Crippen LogP contribution in [0.3, 0.4) is 0 Å². The van der Waals surface area contributed by atoms with Crippen molar-refractivity contribution >= 4 is 11.6 Å². The molecule has 0 saturated heterocycles. The van der Waals surface area contributed by atoms with Crippen molar-refractivity contribution < 1.29 is 23.7 Å². The summed E-state index contributed by atoms with van der Waals surface area (Å²) >= 11 is 6.34. The number of hydrogen-bond acceptors (Lipinski definition) is 6. The van der Waals surface area contributed by atoms with Crippen molar-refractivity contribution in [2.75, 3.05) is 41.2 Å². The first-order chi connectivity index (χ1) is 13.6. The molecule has 1 N–H and O–H groups in total. The summed E-state index contributed by atoms with van der Waals surface area (Å²) in [5.74, 6) is 2.66. The number of halogens is 1. The number of methoxy groups -OCH3 is 3. The van der Waals surface area contributed by atoms with E-state index in [2.05, 4.69) is 5.32 Å². The molecule has 0 aromatic heterocycles. The fourth-order valence-electron chi connectivity index (χ4n) is 2.67. The first-order valence-electron chi connectivity index (χ1n) is 9.11. The molecule has 2 aromatic carbocycles. The van der Waals surface area contributed by atoms with E-state index in [4.69, 9.17) is 35.3 Å². The van der Waals surface area contributed by atoms with E-state index in [-0.39, 0.29) is 0 Å². The van der Waals surface area contributed by atoms with Crippen molar-refractivity contribution in [3.8, 4) is 23.0 Å². The van der Waals surface area contributed by atoms with Crippen molar-refractivity contribution in [2.45, 2.75) is 20.0 Å². The van der Waals surface area contributed by atoms with E-state index < -0.39 is 0 Å². The van der Waals surface area contributed by atoms with Crippen molar-refractivity contribution in [3.63, 3.8) is 0 Å². The molecule has 0 aliphatic rings. The highest BCUT2D eigenvalue weighted by molar-refractivity contribution is 6.31. The molecule has 0 aliphatic carbocycles. The lowest BCUT2D eigenvalue weighted by Crippen LogP contribution is -2.13. The number of nitrogens with one attached hydrogen (secondary N) is 1. The minimum Gasteiger partial charge on any atom is -0.493 e. The zero-order valence-electron chi connectivity index (χ0n) is 16.8. The minimum absolute atomic E-state index is 0.486. The SMILES string of the molecule is CCOCCOc1ccc(CNCc2cc(OC)c(OC)cc2Cl)cc1OC. The highest BCUT2D eigenvalue weighted by Crippen LogP contribution is 2.33. The summed E-state index contributed by atoms with van der Waals surface area (Å²) in [7, 11) is 4.82. The summed E-state index contributed by atoms with van der Waals surface area (Å²) in [4.78, 5) is 0. The van der Waals surface area contributed by atoms with Crippen LogP contribution in [0.1, 0.15) is 18.1 Å². The van der Waals surface area contributed by atoms with Gasteiger partial charge in [-0.1, -0.05) is 17.7 Å². The minimum atomic E-state index is 0.486. The van der Waals surface area contributed by atoms with Crippen molar-refractivity contribution in [3.05, 3.63) is 46.5 Å². The Morgan fingerprint density at radius 1 is 0.821 bits per heavy atom. The summed E-state index contributed by atoms with van der Waals surface area (Å²) in [6.07, 6.45) is 0. The molecule has 0 radical (unpaired) electrons. The van der Waals surface area contributed by atoms with E-state index in [0.29, 0.717) is 60.9 Å². The van der Waals surface area contributed by atoms with Gasteiger partial charge in [0.1, 0.15) is 6.61 Å². The number of benzene rings is 2. The molecule has 0 spiro atoms. The van der Waals surface area contributed by atoms with Gasteiger partial charge in [-0.15, -0.1) is 0 Å². The summed E-state index contributed by atoms with van der Waals surface area (Å²) in [5, 5.41) is 4.01. The van der Waals surface area contributed by atoms with Crippen LogP contribution in [-0.4, -0.2) is 41.2 Å². The van der Waals surface area contributed by atoms with E-state index >= 15 is 0 Å². The van der Waals surface area contributed by atoms with Gasteiger partial charge in [-0.2, -0.15) is 0 Å². The fraction of sp³-hybridized carbons (Fsp3) is 0.429. The van der Waals surface area contributed by atoms with E-state index in [1.165, 1.54) is 0 Å². The second kappa shape index (κ2) is 11.6.